The van der Waals surface area contributed by atoms with Crippen molar-refractivity contribution >= 4 is 46.6 Å². The molecule has 1 heterocycles. The maximum Gasteiger partial charge on any atom is 0.416 e. The molecule has 0 bridgehead atoms. The number of halogens is 5. The zero-order chi connectivity index (χ0) is 18.8. The van der Waals surface area contributed by atoms with E-state index in [1.165, 1.54) is 0 Å². The molecule has 134 valence electrons. The van der Waals surface area contributed by atoms with Crippen LogP contribution in [0, 0.1) is 5.82 Å². The lowest BCUT2D eigenvalue weighted by molar-refractivity contribution is -0.138. The molecule has 0 aliphatic carbocycles. The highest BCUT2D eigenvalue weighted by atomic mass is 35.5. The Balaban J connectivity index is 2.19. The van der Waals surface area contributed by atoms with Gasteiger partial charge in [-0.15, -0.1) is 5.10 Å². The van der Waals surface area contributed by atoms with E-state index in [4.69, 9.17) is 16.7 Å². The molecule has 1 aliphatic heterocycles. The fraction of sp³-hybridized carbons (Fsp3) is 0.231. The van der Waals surface area contributed by atoms with Gasteiger partial charge in [0.15, 0.2) is 11.0 Å². The van der Waals surface area contributed by atoms with Crippen LogP contribution in [0.25, 0.3) is 0 Å². The van der Waals surface area contributed by atoms with Crippen LogP contribution < -0.4 is 5.32 Å². The van der Waals surface area contributed by atoms with Crippen molar-refractivity contribution in [3.63, 3.8) is 0 Å². The summed E-state index contributed by atoms with van der Waals surface area (Å²) < 4.78 is 51.8. The number of aliphatic carboxylic acids is 1. The Labute approximate surface area is 146 Å². The molecule has 0 radical (unpaired) electrons. The smallest absolute Gasteiger partial charge is 0.416 e. The van der Waals surface area contributed by atoms with Gasteiger partial charge < -0.3 is 10.4 Å². The molecule has 12 heteroatoms. The highest BCUT2D eigenvalue weighted by molar-refractivity contribution is 8.15. The van der Waals surface area contributed by atoms with Crippen molar-refractivity contribution in [3.05, 3.63) is 34.1 Å². The average Bonchev–Trinajstić information content (AvgIpc) is 2.81. The van der Waals surface area contributed by atoms with Gasteiger partial charge in [0.2, 0.25) is 5.91 Å². The number of rotatable bonds is 4. The number of hydrogen-bond acceptors (Lipinski definition) is 5. The van der Waals surface area contributed by atoms with Crippen LogP contribution in [0.1, 0.15) is 17.5 Å². The van der Waals surface area contributed by atoms with E-state index < -0.39 is 51.7 Å². The number of carboxylic acids is 1. The lowest BCUT2D eigenvalue weighted by Gasteiger charge is -2.08. The van der Waals surface area contributed by atoms with Crippen LogP contribution in [-0.2, 0) is 15.8 Å². The molecule has 1 amide bonds. The van der Waals surface area contributed by atoms with Gasteiger partial charge in [-0.3, -0.25) is 9.59 Å². The van der Waals surface area contributed by atoms with Crippen molar-refractivity contribution in [2.24, 2.45) is 10.2 Å². The maximum atomic E-state index is 13.8. The van der Waals surface area contributed by atoms with E-state index in [1.807, 2.05) is 0 Å². The molecule has 1 atom stereocenters. The van der Waals surface area contributed by atoms with E-state index in [0.717, 1.165) is 11.8 Å². The van der Waals surface area contributed by atoms with Gasteiger partial charge in [0.25, 0.3) is 0 Å². The Morgan fingerprint density at radius 1 is 1.44 bits per heavy atom. The number of carbonyl (C=O) groups excluding carboxylic acids is 1. The van der Waals surface area contributed by atoms with Crippen LogP contribution in [0.5, 0.6) is 0 Å². The Bertz CT molecular complexity index is 783. The third-order valence-electron chi connectivity index (χ3n) is 2.87. The Hall–Kier alpha value is -2.14. The fourth-order valence-corrected chi connectivity index (χ4v) is 2.90. The number of amidine groups is 1. The first-order chi connectivity index (χ1) is 11.6. The summed E-state index contributed by atoms with van der Waals surface area (Å²) in [6.07, 6.45) is -4.44. The third kappa shape index (κ3) is 4.92. The van der Waals surface area contributed by atoms with Gasteiger partial charge in [0.1, 0.15) is 5.25 Å². The first-order valence-corrected chi connectivity index (χ1v) is 7.70. The van der Waals surface area contributed by atoms with Crippen LogP contribution >= 0.6 is 23.4 Å². The van der Waals surface area contributed by atoms with E-state index in [9.17, 15) is 27.2 Å². The number of nitrogens with one attached hydrogen (secondary N) is 1. The number of amides is 1. The summed E-state index contributed by atoms with van der Waals surface area (Å²) in [4.78, 5) is 22.1. The summed E-state index contributed by atoms with van der Waals surface area (Å²) in [5.74, 6) is -2.88. The van der Waals surface area contributed by atoms with Gasteiger partial charge in [-0.1, -0.05) is 23.4 Å². The molecule has 0 saturated carbocycles. The molecular formula is C13H8ClF4N3O3S. The van der Waals surface area contributed by atoms with Crippen molar-refractivity contribution in [1.82, 2.24) is 5.32 Å². The lowest BCUT2D eigenvalue weighted by atomic mass is 10.1. The summed E-state index contributed by atoms with van der Waals surface area (Å²) in [5.41, 5.74) is -1.70. The summed E-state index contributed by atoms with van der Waals surface area (Å²) >= 11 is 6.22. The number of carbonyl (C=O) groups is 2. The molecule has 1 saturated heterocycles. The Morgan fingerprint density at radius 2 is 2.12 bits per heavy atom. The van der Waals surface area contributed by atoms with Crippen molar-refractivity contribution < 1.29 is 32.3 Å². The third-order valence-corrected chi connectivity index (χ3v) is 4.21. The molecule has 2 N–H and O–H groups in total. The van der Waals surface area contributed by atoms with E-state index in [-0.39, 0.29) is 5.17 Å². The predicted octanol–water partition coefficient (Wildman–Crippen LogP) is 2.89. The first-order valence-electron chi connectivity index (χ1n) is 6.44. The number of alkyl halides is 3. The second-order valence-electron chi connectivity index (χ2n) is 4.70. The summed E-state index contributed by atoms with van der Waals surface area (Å²) in [6, 6.07) is 0.960. The summed E-state index contributed by atoms with van der Waals surface area (Å²) in [6.45, 7) is 0. The van der Waals surface area contributed by atoms with Crippen LogP contribution in [0.15, 0.2) is 22.3 Å². The molecule has 25 heavy (non-hydrogen) atoms. The molecule has 0 aromatic heterocycles. The second kappa shape index (κ2) is 7.40. The molecule has 0 spiro atoms. The van der Waals surface area contributed by atoms with E-state index in [0.29, 0.717) is 18.3 Å². The highest BCUT2D eigenvalue weighted by Crippen LogP contribution is 2.33. The molecule has 1 fully saturated rings. The van der Waals surface area contributed by atoms with Crippen LogP contribution in [-0.4, -0.2) is 33.6 Å². The SMILES string of the molecule is O=C(O)CC1SC(=NN=Cc2cc(C(F)(F)F)cc(Cl)c2F)NC1=O. The van der Waals surface area contributed by atoms with Crippen LogP contribution in [0.2, 0.25) is 5.02 Å². The zero-order valence-corrected chi connectivity index (χ0v) is 13.5. The topological polar surface area (TPSA) is 91.1 Å². The predicted molar refractivity (Wildman–Crippen MR) is 83.2 cm³/mol. The minimum absolute atomic E-state index is 0.0500. The average molecular weight is 398 g/mol. The summed E-state index contributed by atoms with van der Waals surface area (Å²) in [5, 5.41) is 16.2. The molecule has 2 rings (SSSR count). The second-order valence-corrected chi connectivity index (χ2v) is 6.30. The van der Waals surface area contributed by atoms with E-state index >= 15 is 0 Å². The standard InChI is InChI=1S/C13H8ClF4N3O3S/c14-7-2-6(13(16,17)18)1-5(10(7)15)4-19-21-12-20-11(24)8(25-12)3-9(22)23/h1-2,4,8H,3H2,(H,22,23)(H,20,21,24). The monoisotopic (exact) mass is 397 g/mol. The Kier molecular flexibility index (Phi) is 5.68. The van der Waals surface area contributed by atoms with Crippen LogP contribution in [0.3, 0.4) is 0 Å². The van der Waals surface area contributed by atoms with Crippen molar-refractivity contribution in [2.45, 2.75) is 17.8 Å². The molecular weight excluding hydrogens is 390 g/mol. The number of benzene rings is 1. The number of carboxylic acid groups (broad SMARTS) is 1. The first kappa shape index (κ1) is 19.2. The molecule has 1 unspecified atom stereocenters. The zero-order valence-electron chi connectivity index (χ0n) is 12.0. The number of nitrogens with zero attached hydrogens (tertiary/aromatic N) is 2. The minimum Gasteiger partial charge on any atom is -0.481 e. The number of thioether (sulfide) groups is 1. The molecule has 1 aromatic rings. The largest absolute Gasteiger partial charge is 0.481 e. The fourth-order valence-electron chi connectivity index (χ4n) is 1.76. The van der Waals surface area contributed by atoms with Crippen LogP contribution in [0.4, 0.5) is 17.6 Å². The van der Waals surface area contributed by atoms with Gasteiger partial charge in [0.05, 0.1) is 23.2 Å². The van der Waals surface area contributed by atoms with Gasteiger partial charge in [-0.25, -0.2) is 4.39 Å². The summed E-state index contributed by atoms with van der Waals surface area (Å²) in [7, 11) is 0. The lowest BCUT2D eigenvalue weighted by Crippen LogP contribution is -2.26. The highest BCUT2D eigenvalue weighted by Gasteiger charge is 2.33. The maximum absolute atomic E-state index is 13.8. The van der Waals surface area contributed by atoms with Crippen molar-refractivity contribution in [2.75, 3.05) is 0 Å². The number of hydrogen-bond donors (Lipinski definition) is 2. The van der Waals surface area contributed by atoms with Gasteiger partial charge >= 0.3 is 12.1 Å². The normalized spacial score (nSPS) is 19.6. The minimum atomic E-state index is -4.72. The van der Waals surface area contributed by atoms with Crippen molar-refractivity contribution in [1.29, 1.82) is 0 Å². The molecule has 1 aromatic carbocycles. The van der Waals surface area contributed by atoms with Gasteiger partial charge in [-0.2, -0.15) is 18.3 Å². The molecule has 1 aliphatic rings. The quantitative estimate of drug-likeness (QED) is 0.464. The Morgan fingerprint density at radius 3 is 2.72 bits per heavy atom. The van der Waals surface area contributed by atoms with Gasteiger partial charge in [-0.05, 0) is 12.1 Å². The van der Waals surface area contributed by atoms with E-state index in [2.05, 4.69) is 15.5 Å². The molecule has 6 nitrogen and oxygen atoms in total. The van der Waals surface area contributed by atoms with E-state index in [1.54, 1.807) is 0 Å². The van der Waals surface area contributed by atoms with Crippen molar-refractivity contribution in [3.8, 4) is 0 Å². The van der Waals surface area contributed by atoms with Gasteiger partial charge in [0, 0.05) is 5.56 Å².